The second-order valence-electron chi connectivity index (χ2n) is 6.70. The Morgan fingerprint density at radius 2 is 1.93 bits per heavy atom. The highest BCUT2D eigenvalue weighted by Crippen LogP contribution is 2.21. The molecule has 0 amide bonds. The number of aryl methyl sites for hydroxylation is 3. The first-order valence-corrected chi connectivity index (χ1v) is 9.75. The Labute approximate surface area is 163 Å². The summed E-state index contributed by atoms with van der Waals surface area (Å²) < 4.78 is 7.33. The summed E-state index contributed by atoms with van der Waals surface area (Å²) in [6.45, 7) is 8.57. The first-order valence-electron chi connectivity index (χ1n) is 9.75. The van der Waals surface area contributed by atoms with Gasteiger partial charge in [-0.1, -0.05) is 50.1 Å². The van der Waals surface area contributed by atoms with Gasteiger partial charge in [-0.15, -0.1) is 0 Å². The van der Waals surface area contributed by atoms with Crippen LogP contribution in [0.3, 0.4) is 0 Å². The summed E-state index contributed by atoms with van der Waals surface area (Å²) in [6.07, 6.45) is 3.13. The monoisotopic (exact) mass is 371 g/mol. The van der Waals surface area contributed by atoms with Crippen LogP contribution in [0.4, 0.5) is 0 Å². The third-order valence-electron chi connectivity index (χ3n) is 4.50. The Bertz CT molecular complexity index is 734. The van der Waals surface area contributed by atoms with Crippen LogP contribution < -0.4 is 15.4 Å². The quantitative estimate of drug-likeness (QED) is 0.403. The van der Waals surface area contributed by atoms with E-state index in [1.165, 1.54) is 11.1 Å². The van der Waals surface area contributed by atoms with E-state index in [1.807, 2.05) is 7.05 Å². The van der Waals surface area contributed by atoms with Gasteiger partial charge in [-0.25, -0.2) is 9.67 Å². The minimum absolute atomic E-state index is 0.631. The number of rotatable bonds is 9. The van der Waals surface area contributed by atoms with Gasteiger partial charge in [0.05, 0.1) is 31.5 Å². The van der Waals surface area contributed by atoms with Crippen molar-refractivity contribution in [1.29, 1.82) is 0 Å². The molecule has 0 spiro atoms. The Morgan fingerprint density at radius 1 is 1.19 bits per heavy atom. The van der Waals surface area contributed by atoms with Crippen LogP contribution in [0.5, 0.6) is 5.88 Å². The summed E-state index contributed by atoms with van der Waals surface area (Å²) in [5, 5.41) is 11.4. The first kappa shape index (κ1) is 20.8. The molecule has 0 aliphatic rings. The smallest absolute Gasteiger partial charge is 0.216 e. The zero-order valence-corrected chi connectivity index (χ0v) is 17.3. The number of ether oxygens (including phenoxy) is 1. The summed E-state index contributed by atoms with van der Waals surface area (Å²) in [5.74, 6) is 1.61. The molecular formula is C21H33N5O. The van der Waals surface area contributed by atoms with Crippen LogP contribution >= 0.6 is 0 Å². The Kier molecular flexibility index (Phi) is 8.17. The van der Waals surface area contributed by atoms with Crippen LogP contribution in [-0.4, -0.2) is 29.4 Å². The summed E-state index contributed by atoms with van der Waals surface area (Å²) in [7, 11) is 3.60. The molecule has 2 aromatic rings. The number of hydrogen-bond donors (Lipinski definition) is 2. The molecule has 1 aromatic heterocycles. The lowest BCUT2D eigenvalue weighted by atomic mass is 10.1. The van der Waals surface area contributed by atoms with Crippen LogP contribution in [0.1, 0.15) is 49.1 Å². The molecule has 148 valence electrons. The minimum atomic E-state index is 0.631. The third-order valence-corrected chi connectivity index (χ3v) is 4.50. The predicted octanol–water partition coefficient (Wildman–Crippen LogP) is 3.34. The van der Waals surface area contributed by atoms with E-state index in [1.54, 1.807) is 11.8 Å². The molecule has 27 heavy (non-hydrogen) atoms. The highest BCUT2D eigenvalue weighted by molar-refractivity contribution is 5.79. The maximum absolute atomic E-state index is 5.53. The zero-order valence-electron chi connectivity index (χ0n) is 17.3. The fourth-order valence-electron chi connectivity index (χ4n) is 2.92. The van der Waals surface area contributed by atoms with Crippen molar-refractivity contribution in [3.63, 3.8) is 0 Å². The number of aliphatic imine (C=N–C) groups is 1. The number of unbranched alkanes of at least 4 members (excludes halogenated alkanes) is 1. The van der Waals surface area contributed by atoms with E-state index in [0.717, 1.165) is 48.9 Å². The van der Waals surface area contributed by atoms with E-state index in [-0.39, 0.29) is 0 Å². The molecule has 0 aliphatic carbocycles. The van der Waals surface area contributed by atoms with Gasteiger partial charge in [0, 0.05) is 13.6 Å². The lowest BCUT2D eigenvalue weighted by Crippen LogP contribution is -2.37. The van der Waals surface area contributed by atoms with E-state index in [9.17, 15) is 0 Å². The largest absolute Gasteiger partial charge is 0.481 e. The van der Waals surface area contributed by atoms with Crippen molar-refractivity contribution in [2.75, 3.05) is 13.7 Å². The molecule has 6 nitrogen and oxygen atoms in total. The molecule has 0 aliphatic heterocycles. The summed E-state index contributed by atoms with van der Waals surface area (Å²) >= 11 is 0. The van der Waals surface area contributed by atoms with Crippen LogP contribution in [0.2, 0.25) is 0 Å². The average Bonchev–Trinajstić information content (AvgIpc) is 2.99. The number of hydrogen-bond acceptors (Lipinski definition) is 3. The predicted molar refractivity (Wildman–Crippen MR) is 111 cm³/mol. The summed E-state index contributed by atoms with van der Waals surface area (Å²) in [5.41, 5.74) is 4.60. The van der Waals surface area contributed by atoms with Gasteiger partial charge in [-0.05, 0) is 25.3 Å². The van der Waals surface area contributed by atoms with E-state index in [0.29, 0.717) is 13.1 Å². The van der Waals surface area contributed by atoms with Crippen molar-refractivity contribution in [3.05, 3.63) is 46.6 Å². The lowest BCUT2D eigenvalue weighted by molar-refractivity contribution is 0.369. The van der Waals surface area contributed by atoms with Gasteiger partial charge in [-0.2, -0.15) is 5.10 Å². The molecule has 1 heterocycles. The SMILES string of the molecule is CCCCNC(=NCc1ccc(C)cc1)NCc1c(CC)nn(C)c1OC. The van der Waals surface area contributed by atoms with E-state index in [4.69, 9.17) is 9.73 Å². The standard InChI is InChI=1S/C21H33N5O/c1-6-8-13-22-21(23-14-17-11-9-16(3)10-12-17)24-15-18-19(7-2)25-26(4)20(18)27-5/h9-12H,6-8,13-15H2,1-5H3,(H2,22,23,24). The van der Waals surface area contributed by atoms with Gasteiger partial charge in [0.2, 0.25) is 5.88 Å². The van der Waals surface area contributed by atoms with Crippen molar-refractivity contribution in [2.45, 2.75) is 53.1 Å². The number of aromatic nitrogens is 2. The highest BCUT2D eigenvalue weighted by atomic mass is 16.5. The number of nitrogens with zero attached hydrogens (tertiary/aromatic N) is 3. The Balaban J connectivity index is 2.10. The zero-order chi connectivity index (χ0) is 19.6. The fraction of sp³-hybridized carbons (Fsp3) is 0.524. The fourth-order valence-corrected chi connectivity index (χ4v) is 2.92. The Morgan fingerprint density at radius 3 is 2.56 bits per heavy atom. The van der Waals surface area contributed by atoms with Gasteiger partial charge in [-0.3, -0.25) is 0 Å². The van der Waals surface area contributed by atoms with Gasteiger partial charge in [0.1, 0.15) is 0 Å². The molecule has 0 atom stereocenters. The van der Waals surface area contributed by atoms with Gasteiger partial charge in [0.15, 0.2) is 5.96 Å². The summed E-state index contributed by atoms with van der Waals surface area (Å²) in [4.78, 5) is 4.75. The molecule has 0 unspecified atom stereocenters. The maximum atomic E-state index is 5.53. The molecule has 0 saturated carbocycles. The lowest BCUT2D eigenvalue weighted by Gasteiger charge is -2.13. The topological polar surface area (TPSA) is 63.5 Å². The van der Waals surface area contributed by atoms with Crippen LogP contribution in [0.25, 0.3) is 0 Å². The normalized spacial score (nSPS) is 11.5. The second kappa shape index (κ2) is 10.6. The van der Waals surface area contributed by atoms with Gasteiger partial charge >= 0.3 is 0 Å². The van der Waals surface area contributed by atoms with Crippen molar-refractivity contribution < 1.29 is 4.74 Å². The molecule has 0 radical (unpaired) electrons. The molecule has 0 bridgehead atoms. The second-order valence-corrected chi connectivity index (χ2v) is 6.70. The van der Waals surface area contributed by atoms with Crippen molar-refractivity contribution in [1.82, 2.24) is 20.4 Å². The van der Waals surface area contributed by atoms with Gasteiger partial charge in [0.25, 0.3) is 0 Å². The minimum Gasteiger partial charge on any atom is -0.481 e. The average molecular weight is 372 g/mol. The van der Waals surface area contributed by atoms with Crippen LogP contribution in [0.15, 0.2) is 29.3 Å². The van der Waals surface area contributed by atoms with Gasteiger partial charge < -0.3 is 15.4 Å². The maximum Gasteiger partial charge on any atom is 0.216 e. The van der Waals surface area contributed by atoms with Crippen LogP contribution in [-0.2, 0) is 26.6 Å². The molecule has 0 saturated heterocycles. The number of nitrogens with one attached hydrogen (secondary N) is 2. The molecule has 2 N–H and O–H groups in total. The highest BCUT2D eigenvalue weighted by Gasteiger charge is 2.15. The first-order chi connectivity index (χ1) is 13.1. The number of benzene rings is 1. The third kappa shape index (κ3) is 6.01. The molecule has 0 fully saturated rings. The molecule has 1 aromatic carbocycles. The van der Waals surface area contributed by atoms with Crippen molar-refractivity contribution in [3.8, 4) is 5.88 Å². The Hall–Kier alpha value is -2.50. The van der Waals surface area contributed by atoms with Crippen LogP contribution in [0, 0.1) is 6.92 Å². The molecule has 6 heteroatoms. The molecular weight excluding hydrogens is 338 g/mol. The number of methoxy groups -OCH3 is 1. The van der Waals surface area contributed by atoms with Crippen molar-refractivity contribution in [2.24, 2.45) is 12.0 Å². The number of guanidine groups is 1. The van der Waals surface area contributed by atoms with Crippen molar-refractivity contribution >= 4 is 5.96 Å². The van der Waals surface area contributed by atoms with E-state index >= 15 is 0 Å². The molecule has 2 rings (SSSR count). The van der Waals surface area contributed by atoms with E-state index in [2.05, 4.69) is 60.8 Å². The van der Waals surface area contributed by atoms with E-state index < -0.39 is 0 Å². The summed E-state index contributed by atoms with van der Waals surface area (Å²) in [6, 6.07) is 8.50.